The minimum Gasteiger partial charge on any atom is -0.240 e. The molecule has 254 valence electrons. The number of benzene rings is 5. The van der Waals surface area contributed by atoms with E-state index in [2.05, 4.69) is 12.1 Å². The molecule has 0 N–H and O–H groups in total. The highest BCUT2D eigenvalue weighted by Crippen LogP contribution is 2.40. The number of aromatic nitrogens is 8. The average molecular weight is 697 g/mol. The van der Waals surface area contributed by atoms with Crippen LogP contribution in [0.5, 0.6) is 0 Å². The van der Waals surface area contributed by atoms with Gasteiger partial charge in [0, 0.05) is 17.3 Å². The molecule has 0 unspecified atom stereocenters. The summed E-state index contributed by atoms with van der Waals surface area (Å²) in [5.74, 6) is 0. The maximum absolute atomic E-state index is 10.8. The minimum absolute atomic E-state index is 0.326. The third-order valence-corrected chi connectivity index (χ3v) is 9.28. The van der Waals surface area contributed by atoms with E-state index in [0.29, 0.717) is 56.2 Å². The predicted octanol–water partition coefficient (Wildman–Crippen LogP) is 8.91. The summed E-state index contributed by atoms with van der Waals surface area (Å²) in [5, 5.41) is 46.9. The van der Waals surface area contributed by atoms with E-state index in [0.717, 1.165) is 33.8 Å². The lowest BCUT2D eigenvalue weighted by Crippen LogP contribution is -2.00. The Bertz CT molecular complexity index is 2700. The quantitative estimate of drug-likeness (QED) is 0.163. The SMILES string of the molecule is Cc1ccc(-n2cc3c(-c4nn(-c5ccccc5)c(-c5ccccc5)c4C#N)nnc(-c4nn(-c5ccccc5)c(-c5ccccc5)c4C#N)c3n2)cc1. The second-order valence-electron chi connectivity index (χ2n) is 12.7. The molecule has 54 heavy (non-hydrogen) atoms. The van der Waals surface area contributed by atoms with Gasteiger partial charge in [-0.2, -0.15) is 25.8 Å². The normalized spacial score (nSPS) is 11.0. The first-order chi connectivity index (χ1) is 26.6. The molecule has 5 aromatic carbocycles. The van der Waals surface area contributed by atoms with Crippen molar-refractivity contribution in [3.8, 4) is 74.5 Å². The summed E-state index contributed by atoms with van der Waals surface area (Å²) in [7, 11) is 0. The van der Waals surface area contributed by atoms with Crippen molar-refractivity contribution in [1.82, 2.24) is 39.5 Å². The topological polar surface area (TPSA) is 127 Å². The smallest absolute Gasteiger partial charge is 0.143 e. The van der Waals surface area contributed by atoms with Gasteiger partial charge in [-0.25, -0.2) is 14.0 Å². The van der Waals surface area contributed by atoms with Gasteiger partial charge in [0.1, 0.15) is 51.6 Å². The first-order valence-electron chi connectivity index (χ1n) is 17.2. The van der Waals surface area contributed by atoms with Crippen LogP contribution in [0, 0.1) is 29.6 Å². The minimum atomic E-state index is 0.326. The first-order valence-corrected chi connectivity index (χ1v) is 17.2. The van der Waals surface area contributed by atoms with Gasteiger partial charge in [0.05, 0.1) is 33.8 Å². The molecule has 0 aliphatic heterocycles. The molecule has 10 heteroatoms. The van der Waals surface area contributed by atoms with Crippen LogP contribution in [0.4, 0.5) is 0 Å². The Morgan fingerprint density at radius 2 is 0.907 bits per heavy atom. The molecular weight excluding hydrogens is 669 g/mol. The fraction of sp³-hybridized carbons (Fsp3) is 0.0227. The monoisotopic (exact) mass is 696 g/mol. The lowest BCUT2D eigenvalue weighted by atomic mass is 10.0. The van der Waals surface area contributed by atoms with Crippen LogP contribution in [-0.4, -0.2) is 39.5 Å². The van der Waals surface area contributed by atoms with E-state index < -0.39 is 0 Å². The maximum Gasteiger partial charge on any atom is 0.143 e. The highest BCUT2D eigenvalue weighted by atomic mass is 15.3. The first kappa shape index (κ1) is 32.0. The number of nitrogens with zero attached hydrogens (tertiary/aromatic N) is 10. The van der Waals surface area contributed by atoms with Crippen molar-refractivity contribution < 1.29 is 0 Å². The van der Waals surface area contributed by atoms with Crippen molar-refractivity contribution in [2.75, 3.05) is 0 Å². The van der Waals surface area contributed by atoms with Crippen LogP contribution in [0.25, 0.3) is 73.3 Å². The molecule has 0 fully saturated rings. The van der Waals surface area contributed by atoms with Crippen LogP contribution < -0.4 is 0 Å². The zero-order valence-corrected chi connectivity index (χ0v) is 28.9. The van der Waals surface area contributed by atoms with Crippen molar-refractivity contribution in [1.29, 1.82) is 10.5 Å². The van der Waals surface area contributed by atoms with Gasteiger partial charge in [0.2, 0.25) is 0 Å². The Morgan fingerprint density at radius 1 is 0.463 bits per heavy atom. The van der Waals surface area contributed by atoms with Crippen LogP contribution >= 0.6 is 0 Å². The Labute approximate surface area is 310 Å². The third kappa shape index (κ3) is 5.39. The second-order valence-corrected chi connectivity index (χ2v) is 12.7. The van der Waals surface area contributed by atoms with Crippen molar-refractivity contribution in [3.63, 3.8) is 0 Å². The summed E-state index contributed by atoms with van der Waals surface area (Å²) in [5.41, 5.74) is 8.90. The summed E-state index contributed by atoms with van der Waals surface area (Å²) in [6, 6.07) is 51.6. The molecule has 0 bridgehead atoms. The fourth-order valence-corrected chi connectivity index (χ4v) is 6.70. The van der Waals surface area contributed by atoms with Gasteiger partial charge >= 0.3 is 0 Å². The fourth-order valence-electron chi connectivity index (χ4n) is 6.70. The molecule has 0 atom stereocenters. The summed E-state index contributed by atoms with van der Waals surface area (Å²) < 4.78 is 5.30. The third-order valence-electron chi connectivity index (χ3n) is 9.28. The number of para-hydroxylation sites is 2. The number of fused-ring (bicyclic) bond motifs is 1. The maximum atomic E-state index is 10.8. The molecule has 0 spiro atoms. The molecule has 9 aromatic rings. The van der Waals surface area contributed by atoms with Gasteiger partial charge in [0.15, 0.2) is 0 Å². The van der Waals surface area contributed by atoms with Crippen molar-refractivity contribution in [3.05, 3.63) is 168 Å². The number of hydrogen-bond donors (Lipinski definition) is 0. The lowest BCUT2D eigenvalue weighted by Gasteiger charge is -2.07. The van der Waals surface area contributed by atoms with Gasteiger partial charge in [-0.05, 0) is 43.3 Å². The van der Waals surface area contributed by atoms with Gasteiger partial charge in [-0.15, -0.1) is 10.2 Å². The number of hydrogen-bond acceptors (Lipinski definition) is 7. The summed E-state index contributed by atoms with van der Waals surface area (Å²) in [6.45, 7) is 2.03. The molecule has 10 nitrogen and oxygen atoms in total. The van der Waals surface area contributed by atoms with E-state index in [-0.39, 0.29) is 0 Å². The largest absolute Gasteiger partial charge is 0.240 e. The predicted molar refractivity (Wildman–Crippen MR) is 207 cm³/mol. The number of rotatable bonds is 7. The van der Waals surface area contributed by atoms with Crippen LogP contribution in [0.1, 0.15) is 16.7 Å². The Balaban J connectivity index is 1.34. The van der Waals surface area contributed by atoms with E-state index in [4.69, 9.17) is 25.5 Å². The summed E-state index contributed by atoms with van der Waals surface area (Å²) in [6.07, 6.45) is 1.87. The van der Waals surface area contributed by atoms with Crippen LogP contribution in [-0.2, 0) is 0 Å². The lowest BCUT2D eigenvalue weighted by molar-refractivity contribution is 0.880. The van der Waals surface area contributed by atoms with Crippen molar-refractivity contribution >= 4 is 10.9 Å². The molecule has 9 rings (SSSR count). The number of aryl methyl sites for hydroxylation is 1. The zero-order valence-electron chi connectivity index (χ0n) is 28.9. The Hall–Kier alpha value is -7.95. The molecule has 0 amide bonds. The van der Waals surface area contributed by atoms with E-state index in [1.165, 1.54) is 0 Å². The molecule has 0 aliphatic rings. The van der Waals surface area contributed by atoms with E-state index in [1.807, 2.05) is 159 Å². The van der Waals surface area contributed by atoms with E-state index in [1.54, 1.807) is 14.0 Å². The van der Waals surface area contributed by atoms with Crippen molar-refractivity contribution in [2.45, 2.75) is 6.92 Å². The van der Waals surface area contributed by atoms with Crippen LogP contribution in [0.15, 0.2) is 152 Å². The van der Waals surface area contributed by atoms with Gasteiger partial charge < -0.3 is 0 Å². The molecule has 4 heterocycles. The zero-order chi connectivity index (χ0) is 36.6. The van der Waals surface area contributed by atoms with Crippen LogP contribution in [0.3, 0.4) is 0 Å². The molecule has 0 aliphatic carbocycles. The summed E-state index contributed by atoms with van der Waals surface area (Å²) >= 11 is 0. The highest BCUT2D eigenvalue weighted by molar-refractivity contribution is 6.01. The molecule has 0 saturated carbocycles. The second kappa shape index (κ2) is 13.3. The molecule has 0 saturated heterocycles. The van der Waals surface area contributed by atoms with Gasteiger partial charge in [0.25, 0.3) is 0 Å². The van der Waals surface area contributed by atoms with Gasteiger partial charge in [-0.1, -0.05) is 115 Å². The standard InChI is InChI=1S/C44H28N10/c1-29-22-24-32(25-23-29)52-28-37-38(39-35(26-45)43(30-14-6-2-7-15-30)53(50-39)33-18-10-4-11-19-33)47-48-42(41(37)49-52)40-36(27-46)44(31-16-8-3-9-17-31)54(51-40)34-20-12-5-13-21-34/h2-25,28H,1H3. The molecular formula is C44H28N10. The average Bonchev–Trinajstić information content (AvgIpc) is 3.96. The highest BCUT2D eigenvalue weighted by Gasteiger charge is 2.29. The molecule has 4 aromatic heterocycles. The summed E-state index contributed by atoms with van der Waals surface area (Å²) in [4.78, 5) is 0. The van der Waals surface area contributed by atoms with Crippen LogP contribution in [0.2, 0.25) is 0 Å². The number of nitriles is 2. The van der Waals surface area contributed by atoms with Gasteiger partial charge in [-0.3, -0.25) is 0 Å². The van der Waals surface area contributed by atoms with E-state index >= 15 is 0 Å². The van der Waals surface area contributed by atoms with E-state index in [9.17, 15) is 10.5 Å². The Kier molecular flexibility index (Phi) is 7.88. The van der Waals surface area contributed by atoms with Crippen molar-refractivity contribution in [2.24, 2.45) is 0 Å². The molecule has 0 radical (unpaired) electrons. The Morgan fingerprint density at radius 3 is 1.39 bits per heavy atom.